The van der Waals surface area contributed by atoms with E-state index in [1.54, 1.807) is 6.92 Å². The fraction of sp³-hybridized carbons (Fsp3) is 1.00. The van der Waals surface area contributed by atoms with Gasteiger partial charge in [0.15, 0.2) is 0 Å². The van der Waals surface area contributed by atoms with E-state index in [1.165, 1.54) is 0 Å². The average Bonchev–Trinajstić information content (AvgIpc) is 2.25. The fourth-order valence-corrected chi connectivity index (χ4v) is 2.37. The van der Waals surface area contributed by atoms with Gasteiger partial charge in [-0.1, -0.05) is 20.3 Å². The molecule has 0 bridgehead atoms. The molecule has 0 saturated carbocycles. The molecule has 98 valence electrons. The highest BCUT2D eigenvalue weighted by molar-refractivity contribution is 7.91. The van der Waals surface area contributed by atoms with E-state index in [0.717, 1.165) is 25.9 Å². The first-order chi connectivity index (χ1) is 7.55. The number of nitrogens with zero attached hydrogens (tertiary/aromatic N) is 1. The van der Waals surface area contributed by atoms with E-state index in [1.807, 2.05) is 0 Å². The van der Waals surface area contributed by atoms with Crippen molar-refractivity contribution in [2.75, 3.05) is 37.7 Å². The van der Waals surface area contributed by atoms with Gasteiger partial charge in [-0.25, -0.2) is 8.42 Å². The summed E-state index contributed by atoms with van der Waals surface area (Å²) in [6.45, 7) is 6.30. The maximum atomic E-state index is 11.3. The monoisotopic (exact) mass is 251 g/mol. The van der Waals surface area contributed by atoms with Crippen LogP contribution in [0.2, 0.25) is 0 Å². The molecule has 0 aromatic carbocycles. The molecule has 0 aromatic rings. The lowest BCUT2D eigenvalue weighted by Gasteiger charge is -2.20. The second-order valence-corrected chi connectivity index (χ2v) is 6.48. The normalized spacial score (nSPS) is 12.2. The highest BCUT2D eigenvalue weighted by Gasteiger charge is 2.09. The molecule has 0 saturated heterocycles. The Morgan fingerprint density at radius 3 is 2.19 bits per heavy atom. The van der Waals surface area contributed by atoms with Crippen LogP contribution in [0.3, 0.4) is 0 Å². The second-order valence-electron chi connectivity index (χ2n) is 4.01. The highest BCUT2D eigenvalue weighted by Crippen LogP contribution is 1.99. The van der Waals surface area contributed by atoms with E-state index in [2.05, 4.69) is 11.8 Å². The molecule has 5 heteroatoms. The molecule has 0 rings (SSSR count). The van der Waals surface area contributed by atoms with Crippen molar-refractivity contribution in [3.05, 3.63) is 0 Å². The van der Waals surface area contributed by atoms with Crippen molar-refractivity contribution in [1.82, 2.24) is 4.90 Å². The Bertz CT molecular complexity index is 252. The molecule has 0 unspecified atom stereocenters. The molecule has 0 aliphatic heterocycles. The summed E-state index contributed by atoms with van der Waals surface area (Å²) in [6, 6.07) is 0. The van der Waals surface area contributed by atoms with Crippen LogP contribution < -0.4 is 0 Å². The number of hydrogen-bond donors (Lipinski definition) is 1. The van der Waals surface area contributed by atoms with Crippen LogP contribution in [0.15, 0.2) is 0 Å². The highest BCUT2D eigenvalue weighted by atomic mass is 32.2. The van der Waals surface area contributed by atoms with Crippen LogP contribution in [0, 0.1) is 0 Å². The lowest BCUT2D eigenvalue weighted by molar-refractivity contribution is 0.194. The van der Waals surface area contributed by atoms with Crippen molar-refractivity contribution in [2.24, 2.45) is 0 Å². The van der Waals surface area contributed by atoms with Gasteiger partial charge in [-0.3, -0.25) is 0 Å². The minimum Gasteiger partial charge on any atom is -0.395 e. The molecule has 0 heterocycles. The molecule has 0 aliphatic carbocycles. The number of sulfone groups is 1. The Balaban J connectivity index is 3.83. The van der Waals surface area contributed by atoms with Gasteiger partial charge in [0.25, 0.3) is 0 Å². The third kappa shape index (κ3) is 8.07. The molecule has 0 aliphatic rings. The molecule has 0 radical (unpaired) electrons. The molecule has 0 fully saturated rings. The van der Waals surface area contributed by atoms with Crippen molar-refractivity contribution < 1.29 is 13.5 Å². The maximum absolute atomic E-state index is 11.3. The first kappa shape index (κ1) is 15.9. The fourth-order valence-electron chi connectivity index (χ4n) is 1.51. The zero-order chi connectivity index (χ0) is 12.4. The standard InChI is InChI=1S/C11H25NO3S/c1-3-5-7-12(9-10-13)8-6-11-16(14,15)4-2/h13H,3-11H2,1-2H3. The number of unbranched alkanes of at least 4 members (excludes halogenated alkanes) is 1. The van der Waals surface area contributed by atoms with E-state index in [9.17, 15) is 8.42 Å². The minimum absolute atomic E-state index is 0.143. The first-order valence-corrected chi connectivity index (χ1v) is 7.91. The summed E-state index contributed by atoms with van der Waals surface area (Å²) in [4.78, 5) is 2.13. The quantitative estimate of drug-likeness (QED) is 0.627. The summed E-state index contributed by atoms with van der Waals surface area (Å²) in [6.07, 6.45) is 2.88. The third-order valence-corrected chi connectivity index (χ3v) is 4.40. The van der Waals surface area contributed by atoms with Crippen LogP contribution in [-0.4, -0.2) is 56.2 Å². The molecular formula is C11H25NO3S. The van der Waals surface area contributed by atoms with Gasteiger partial charge in [-0.05, 0) is 25.9 Å². The summed E-state index contributed by atoms with van der Waals surface area (Å²) in [5.41, 5.74) is 0. The van der Waals surface area contributed by atoms with Crippen LogP contribution in [0.4, 0.5) is 0 Å². The van der Waals surface area contributed by atoms with Gasteiger partial charge in [0.2, 0.25) is 0 Å². The van der Waals surface area contributed by atoms with Crippen LogP contribution in [0.1, 0.15) is 33.1 Å². The van der Waals surface area contributed by atoms with Crippen molar-refractivity contribution >= 4 is 9.84 Å². The summed E-state index contributed by atoms with van der Waals surface area (Å²) < 4.78 is 22.6. The Kier molecular flexibility index (Phi) is 8.89. The molecule has 0 atom stereocenters. The molecule has 0 spiro atoms. The summed E-state index contributed by atoms with van der Waals surface area (Å²) >= 11 is 0. The van der Waals surface area contributed by atoms with Crippen molar-refractivity contribution in [1.29, 1.82) is 0 Å². The molecule has 4 nitrogen and oxygen atoms in total. The lowest BCUT2D eigenvalue weighted by Crippen LogP contribution is -2.30. The lowest BCUT2D eigenvalue weighted by atomic mass is 10.3. The van der Waals surface area contributed by atoms with E-state index < -0.39 is 9.84 Å². The smallest absolute Gasteiger partial charge is 0.150 e. The van der Waals surface area contributed by atoms with Gasteiger partial charge in [-0.15, -0.1) is 0 Å². The van der Waals surface area contributed by atoms with E-state index in [0.29, 0.717) is 13.0 Å². The van der Waals surface area contributed by atoms with Gasteiger partial charge in [-0.2, -0.15) is 0 Å². The first-order valence-electron chi connectivity index (χ1n) is 6.09. The SMILES string of the molecule is CCCCN(CCO)CCCS(=O)(=O)CC. The molecule has 1 N–H and O–H groups in total. The number of aliphatic hydroxyl groups excluding tert-OH is 1. The van der Waals surface area contributed by atoms with Crippen molar-refractivity contribution in [2.45, 2.75) is 33.1 Å². The summed E-state index contributed by atoms with van der Waals surface area (Å²) in [7, 11) is -2.84. The van der Waals surface area contributed by atoms with E-state index in [-0.39, 0.29) is 18.1 Å². The predicted octanol–water partition coefficient (Wildman–Crippen LogP) is 0.906. The Morgan fingerprint density at radius 2 is 1.69 bits per heavy atom. The van der Waals surface area contributed by atoms with E-state index in [4.69, 9.17) is 5.11 Å². The van der Waals surface area contributed by atoms with Crippen LogP contribution in [0.25, 0.3) is 0 Å². The summed E-state index contributed by atoms with van der Waals surface area (Å²) in [5, 5.41) is 8.88. The number of rotatable bonds is 10. The van der Waals surface area contributed by atoms with Crippen LogP contribution >= 0.6 is 0 Å². The molecule has 16 heavy (non-hydrogen) atoms. The van der Waals surface area contributed by atoms with Gasteiger partial charge in [0, 0.05) is 12.3 Å². The summed E-state index contributed by atoms with van der Waals surface area (Å²) in [5.74, 6) is 0.486. The Labute approximate surface area is 99.6 Å². The number of aliphatic hydroxyl groups is 1. The Morgan fingerprint density at radius 1 is 1.06 bits per heavy atom. The number of hydrogen-bond acceptors (Lipinski definition) is 4. The van der Waals surface area contributed by atoms with Crippen LogP contribution in [-0.2, 0) is 9.84 Å². The Hall–Kier alpha value is -0.130. The van der Waals surface area contributed by atoms with Gasteiger partial charge < -0.3 is 10.0 Å². The largest absolute Gasteiger partial charge is 0.395 e. The third-order valence-electron chi connectivity index (χ3n) is 2.61. The van der Waals surface area contributed by atoms with Crippen LogP contribution in [0.5, 0.6) is 0 Å². The topological polar surface area (TPSA) is 57.6 Å². The van der Waals surface area contributed by atoms with Gasteiger partial charge in [0.1, 0.15) is 9.84 Å². The maximum Gasteiger partial charge on any atom is 0.150 e. The molecule has 0 aromatic heterocycles. The zero-order valence-corrected chi connectivity index (χ0v) is 11.3. The zero-order valence-electron chi connectivity index (χ0n) is 10.5. The van der Waals surface area contributed by atoms with Gasteiger partial charge in [0.05, 0.1) is 12.4 Å². The van der Waals surface area contributed by atoms with Gasteiger partial charge >= 0.3 is 0 Å². The van der Waals surface area contributed by atoms with E-state index >= 15 is 0 Å². The average molecular weight is 251 g/mol. The molecular weight excluding hydrogens is 226 g/mol. The second kappa shape index (κ2) is 8.96. The van der Waals surface area contributed by atoms with Crippen molar-refractivity contribution in [3.63, 3.8) is 0 Å². The van der Waals surface area contributed by atoms with Crippen molar-refractivity contribution in [3.8, 4) is 0 Å². The predicted molar refractivity (Wildman–Crippen MR) is 67.4 cm³/mol. The minimum atomic E-state index is -2.84. The molecule has 0 amide bonds.